The zero-order valence-electron chi connectivity index (χ0n) is 81.2. The number of likely N-dealkylation sites (N-methyl/N-ethyl adjacent to an activating group) is 2. The first-order chi connectivity index (χ1) is 68.9. The minimum absolute atomic E-state index is 0.0695. The lowest BCUT2D eigenvalue weighted by atomic mass is 9.94. The van der Waals surface area contributed by atoms with Crippen molar-refractivity contribution >= 4 is 90.0 Å². The number of benzene rings is 2. The maximum atomic E-state index is 12.9. The molecule has 722 valence electrons. The maximum absolute atomic E-state index is 12.9. The van der Waals surface area contributed by atoms with E-state index in [-0.39, 0.29) is 27.8 Å². The van der Waals surface area contributed by atoms with Crippen molar-refractivity contribution < 1.29 is 0 Å². The number of nitrogens with zero attached hydrogens (tertiary/aromatic N) is 27. The number of piperazine rings is 3. The van der Waals surface area contributed by atoms with Gasteiger partial charge >= 0.3 is 0 Å². The van der Waals surface area contributed by atoms with Gasteiger partial charge in [-0.15, -0.1) is 0 Å². The second-order valence-corrected chi connectivity index (χ2v) is 37.5. The number of H-pyrrole nitrogens is 2. The van der Waals surface area contributed by atoms with E-state index in [1.54, 1.807) is 48.0 Å². The second kappa shape index (κ2) is 39.4. The van der Waals surface area contributed by atoms with E-state index >= 15 is 0 Å². The Bertz CT molecular complexity index is 8520. The van der Waals surface area contributed by atoms with Crippen LogP contribution in [0.5, 0.6) is 0 Å². The Balaban J connectivity index is 0.000000105. The average Bonchev–Trinajstić information content (AvgIpc) is 1.52. The van der Waals surface area contributed by atoms with Gasteiger partial charge < -0.3 is 64.1 Å². The molecule has 5 aliphatic heterocycles. The first-order valence-corrected chi connectivity index (χ1v) is 48.5. The monoisotopic (exact) mass is 1900 g/mol. The number of nitrogens with one attached hydrogen (secondary N) is 5. The van der Waals surface area contributed by atoms with Crippen LogP contribution < -0.4 is 63.3 Å². The van der Waals surface area contributed by atoms with Crippen molar-refractivity contribution in [1.29, 1.82) is 0 Å². The summed E-state index contributed by atoms with van der Waals surface area (Å²) >= 11 is 0. The number of aromatic nitrogens is 23. The Labute approximate surface area is 815 Å². The topological polar surface area (TPSA) is 375 Å². The molecule has 18 aromatic heterocycles. The molecule has 0 atom stereocenters. The number of aryl methyl sites for hydroxylation is 6. The van der Waals surface area contributed by atoms with Crippen molar-refractivity contribution in [2.45, 2.75) is 86.0 Å². The molecule has 0 bridgehead atoms. The van der Waals surface area contributed by atoms with E-state index in [2.05, 4.69) is 122 Å². The zero-order valence-corrected chi connectivity index (χ0v) is 81.2. The van der Waals surface area contributed by atoms with Gasteiger partial charge in [0.2, 0.25) is 0 Å². The summed E-state index contributed by atoms with van der Waals surface area (Å²) in [6, 6.07) is 47.2. The summed E-state index contributed by atoms with van der Waals surface area (Å²) in [5, 5.41) is 23.9. The van der Waals surface area contributed by atoms with Gasteiger partial charge in [0, 0.05) is 200 Å². The lowest BCUT2D eigenvalue weighted by Crippen LogP contribution is -2.46. The van der Waals surface area contributed by atoms with Crippen LogP contribution in [0.1, 0.15) is 90.1 Å². The number of piperidine rings is 2. The normalized spacial score (nSPS) is 15.3. The summed E-state index contributed by atoms with van der Waals surface area (Å²) in [6.07, 6.45) is 19.6. The Kier molecular flexibility index (Phi) is 25.6. The van der Waals surface area contributed by atoms with Gasteiger partial charge in [-0.1, -0.05) is 19.1 Å². The minimum atomic E-state index is -0.160. The van der Waals surface area contributed by atoms with E-state index in [1.165, 1.54) is 9.03 Å². The van der Waals surface area contributed by atoms with Gasteiger partial charge in [-0.2, -0.15) is 24.3 Å². The van der Waals surface area contributed by atoms with Crippen molar-refractivity contribution in [2.75, 3.05) is 152 Å². The number of anilines is 4. The molecule has 20 aromatic rings. The molecule has 0 amide bonds. The molecule has 5 N–H and O–H groups in total. The number of hydrogen-bond acceptors (Lipinski definition) is 27. The Morgan fingerprint density at radius 2 is 0.782 bits per heavy atom. The van der Waals surface area contributed by atoms with Crippen molar-refractivity contribution in [2.24, 2.45) is 0 Å². The largest absolute Gasteiger partial charge is 0.368 e. The fourth-order valence-corrected chi connectivity index (χ4v) is 19.5. The quantitative estimate of drug-likeness (QED) is 0.0758. The lowest BCUT2D eigenvalue weighted by Gasteiger charge is -2.35. The predicted molar refractivity (Wildman–Crippen MR) is 555 cm³/mol. The van der Waals surface area contributed by atoms with Crippen LogP contribution in [0.15, 0.2) is 225 Å². The highest BCUT2D eigenvalue weighted by Gasteiger charge is 2.26. The Morgan fingerprint density at radius 1 is 0.352 bits per heavy atom. The van der Waals surface area contributed by atoms with Crippen LogP contribution in [0.4, 0.5) is 22.9 Å². The number of imidazole rings is 4. The third-order valence-corrected chi connectivity index (χ3v) is 27.1. The fraction of sp³-hybridized carbons (Fsp3) is 0.314. The van der Waals surface area contributed by atoms with Gasteiger partial charge in [0.25, 0.3) is 27.8 Å². The van der Waals surface area contributed by atoms with Crippen molar-refractivity contribution in [3.05, 3.63) is 299 Å². The SMILES string of the molecule is CCN1CCN(c2ccc3nc(-c4ccc5nc(C)[nH]c5c4)cc(=O)n3c2)CC1.Cc1cn2cc(-c3cc(=O)n4nc(C5CCNCC5)ccc4n3)cc(C)c2n1.Cc1cn2cc(-c3cc(=O)n4nc(C5CCNCC5)ccc4n3)ccc2n1.Cc1cn2nc(-c3cc(=O)n4cc(N5CCNCC5)ccc4n3)cc2c(N(C)C)n1.Cc1nc2ccc(-c3cc(=O)n4cc(N5CCN(C)CC5)ccc4n3)cc2[nH]1. The summed E-state index contributed by atoms with van der Waals surface area (Å²) in [7, 11) is 6.03. The van der Waals surface area contributed by atoms with Crippen LogP contribution >= 0.6 is 0 Å². The highest BCUT2D eigenvalue weighted by atomic mass is 16.1. The highest BCUT2D eigenvalue weighted by Crippen LogP contribution is 2.32. The molecule has 37 nitrogen and oxygen atoms in total. The van der Waals surface area contributed by atoms with E-state index in [0.717, 1.165) is 267 Å². The van der Waals surface area contributed by atoms with Crippen molar-refractivity contribution in [3.63, 3.8) is 0 Å². The molecular weight excluding hydrogens is 1790 g/mol. The van der Waals surface area contributed by atoms with Gasteiger partial charge in [0.05, 0.1) is 102 Å². The van der Waals surface area contributed by atoms with Crippen LogP contribution in [0.2, 0.25) is 0 Å². The number of fused-ring (bicyclic) bond motifs is 10. The zero-order chi connectivity index (χ0) is 97.7. The summed E-state index contributed by atoms with van der Waals surface area (Å²) in [4.78, 5) is 130. The molecule has 0 radical (unpaired) electrons. The fourth-order valence-electron chi connectivity index (χ4n) is 19.5. The first-order valence-electron chi connectivity index (χ1n) is 48.5. The molecule has 0 aliphatic carbocycles. The molecule has 0 saturated carbocycles. The van der Waals surface area contributed by atoms with E-state index < -0.39 is 0 Å². The van der Waals surface area contributed by atoms with Crippen LogP contribution in [0.3, 0.4) is 0 Å². The van der Waals surface area contributed by atoms with Gasteiger partial charge in [0.1, 0.15) is 51.1 Å². The van der Waals surface area contributed by atoms with Crippen LogP contribution in [0.25, 0.3) is 124 Å². The van der Waals surface area contributed by atoms with Crippen LogP contribution in [0, 0.1) is 41.5 Å². The van der Waals surface area contributed by atoms with Gasteiger partial charge in [-0.05, 0) is 222 Å². The third kappa shape index (κ3) is 19.5. The molecular formula is C105H112N32O5. The maximum Gasteiger partial charge on any atom is 0.275 e. The summed E-state index contributed by atoms with van der Waals surface area (Å²) in [5.41, 5.74) is 25.2. The van der Waals surface area contributed by atoms with Crippen molar-refractivity contribution in [1.82, 2.24) is 136 Å². The second-order valence-electron chi connectivity index (χ2n) is 37.5. The first kappa shape index (κ1) is 92.4. The molecule has 5 saturated heterocycles. The Morgan fingerprint density at radius 3 is 1.31 bits per heavy atom. The molecule has 5 aliphatic rings. The molecule has 25 rings (SSSR count). The van der Waals surface area contributed by atoms with E-state index in [4.69, 9.17) is 19.9 Å². The number of pyridine rings is 5. The number of rotatable bonds is 12. The van der Waals surface area contributed by atoms with Crippen LogP contribution in [-0.4, -0.2) is 253 Å². The summed E-state index contributed by atoms with van der Waals surface area (Å²) in [6.45, 7) is 30.8. The summed E-state index contributed by atoms with van der Waals surface area (Å²) in [5.74, 6) is 3.36. The molecule has 0 spiro atoms. The van der Waals surface area contributed by atoms with E-state index in [1.807, 2.05) is 228 Å². The molecule has 5 fully saturated rings. The molecule has 2 aromatic carbocycles. The Hall–Kier alpha value is -16.0. The number of hydrogen-bond donors (Lipinski definition) is 5. The summed E-state index contributed by atoms with van der Waals surface area (Å²) < 4.78 is 13.5. The minimum Gasteiger partial charge on any atom is -0.368 e. The third-order valence-electron chi connectivity index (χ3n) is 27.1. The predicted octanol–water partition coefficient (Wildman–Crippen LogP) is 10.8. The molecule has 0 unspecified atom stereocenters. The van der Waals surface area contributed by atoms with E-state index in [0.29, 0.717) is 74.2 Å². The lowest BCUT2D eigenvalue weighted by molar-refractivity contribution is 0.271. The van der Waals surface area contributed by atoms with Gasteiger partial charge in [-0.3, -0.25) is 37.2 Å². The molecule has 23 heterocycles. The van der Waals surface area contributed by atoms with Gasteiger partial charge in [0.15, 0.2) is 17.1 Å². The molecule has 142 heavy (non-hydrogen) atoms. The molecule has 37 heteroatoms. The van der Waals surface area contributed by atoms with E-state index in [9.17, 15) is 24.0 Å². The highest BCUT2D eigenvalue weighted by molar-refractivity contribution is 5.83. The van der Waals surface area contributed by atoms with Crippen molar-refractivity contribution in [3.8, 4) is 56.4 Å². The number of aromatic amines is 2. The smallest absolute Gasteiger partial charge is 0.275 e. The standard InChI is InChI=1S/C22H24N6O.C21H24N8O.2C21H22N6O.C20H20N6O/c1-3-26-8-10-27(11-9-26)17-5-7-21-25-19(13-22(29)28(21)14-17)16-4-6-18-20(12-16)24-15(2)23-18;1-14-12-29-18(21(23-14)26(2)3)10-17(25-29)16-11-20(30)28-13-15(4-5-19(28)24-16)27-8-6-22-7-9-27;1-14-22-17-5-3-15(11-19(17)23-14)18-12-21(28)27-13-16(4-6-20(27)24-18)26-9-7-25(2)8-10-26;1-13-9-16(12-26-11-14(2)23-21(13)26)18-10-20(28)27-19(24-18)4-3-17(25-27)15-5-7-22-8-6-15;1-13-11-25-12-15(2-4-18(25)22-13)17-10-20(27)26-19(23-17)5-3-16(24-26)14-6-8-21-9-7-14/h4-7,12-14H,3,8-11H2,1-2H3,(H,23,24);4-5,10-13,22H,6-9H2,1-3H3;3-6,11-13H,7-10H2,1-2H3,(H,22,23);3-4,9-12,15,22H,5-8H2,1-2H3;2-5,10-12,14,21H,6-9H2,1H3. The van der Waals surface area contributed by atoms with Gasteiger partial charge in [-0.25, -0.2) is 54.4 Å². The van der Waals surface area contributed by atoms with Crippen LogP contribution in [-0.2, 0) is 0 Å². The average molecular weight is 1900 g/mol.